The van der Waals surface area contributed by atoms with Crippen LogP contribution in [0.3, 0.4) is 0 Å². The Bertz CT molecular complexity index is 1070. The first-order chi connectivity index (χ1) is 15.0. The average molecular weight is 428 g/mol. The molecule has 1 nitrogen and oxygen atoms in total. The predicted molar refractivity (Wildman–Crippen MR) is 113 cm³/mol. The van der Waals surface area contributed by atoms with Crippen molar-refractivity contribution in [1.29, 1.82) is 0 Å². The normalized spacial score (nSPS) is 15.5. The molecule has 0 saturated heterocycles. The highest BCUT2D eigenvalue weighted by Crippen LogP contribution is 2.37. The topological polar surface area (TPSA) is 9.23 Å². The molecule has 0 bridgehead atoms. The molecule has 3 aromatic carbocycles. The molecule has 1 aliphatic rings. The van der Waals surface area contributed by atoms with E-state index in [9.17, 15) is 17.6 Å². The Kier molecular flexibility index (Phi) is 6.30. The van der Waals surface area contributed by atoms with Crippen molar-refractivity contribution in [2.24, 2.45) is 0 Å². The van der Waals surface area contributed by atoms with Crippen LogP contribution in [0.25, 0.3) is 11.1 Å². The standard InChI is InChI=1S/C26H24F4O/c1-2-3-4-5-16-6-10-24-17(12-16)8-11-25(31-24)18-7-9-20(21(27)13-18)19-14-22(28)26(30)23(29)15-19/h6-7,9-10,12-15,25H,2-5,8,11H2,1H3. The Morgan fingerprint density at radius 1 is 0.871 bits per heavy atom. The summed E-state index contributed by atoms with van der Waals surface area (Å²) in [6.45, 7) is 2.19. The minimum Gasteiger partial charge on any atom is -0.485 e. The van der Waals surface area contributed by atoms with Gasteiger partial charge in [0.15, 0.2) is 17.5 Å². The quantitative estimate of drug-likeness (QED) is 0.222. The maximum atomic E-state index is 14.8. The number of ether oxygens (including phenoxy) is 1. The predicted octanol–water partition coefficient (Wildman–Crippen LogP) is 7.71. The van der Waals surface area contributed by atoms with Crippen molar-refractivity contribution >= 4 is 0 Å². The summed E-state index contributed by atoms with van der Waals surface area (Å²) in [6, 6.07) is 12.3. The van der Waals surface area contributed by atoms with E-state index in [1.807, 2.05) is 6.07 Å². The maximum absolute atomic E-state index is 14.8. The molecule has 1 aliphatic heterocycles. The molecule has 0 fully saturated rings. The van der Waals surface area contributed by atoms with Crippen LogP contribution in [0.5, 0.6) is 5.75 Å². The largest absolute Gasteiger partial charge is 0.485 e. The molecule has 0 aromatic heterocycles. The molecule has 1 unspecified atom stereocenters. The number of hydrogen-bond donors (Lipinski definition) is 0. The van der Waals surface area contributed by atoms with Gasteiger partial charge in [-0.3, -0.25) is 0 Å². The molecule has 0 N–H and O–H groups in total. The van der Waals surface area contributed by atoms with Crippen LogP contribution in [0.2, 0.25) is 0 Å². The number of aryl methyl sites for hydroxylation is 2. The first kappa shape index (κ1) is 21.4. The Labute approximate surface area is 179 Å². The molecule has 162 valence electrons. The van der Waals surface area contributed by atoms with Gasteiger partial charge in [-0.2, -0.15) is 0 Å². The lowest BCUT2D eigenvalue weighted by atomic mass is 9.94. The Hall–Kier alpha value is -2.82. The highest BCUT2D eigenvalue weighted by molar-refractivity contribution is 5.65. The van der Waals surface area contributed by atoms with Gasteiger partial charge in [0.25, 0.3) is 0 Å². The first-order valence-electron chi connectivity index (χ1n) is 10.7. The molecule has 0 saturated carbocycles. The Balaban J connectivity index is 1.52. The molecule has 0 spiro atoms. The summed E-state index contributed by atoms with van der Waals surface area (Å²) in [5.74, 6) is -4.09. The monoisotopic (exact) mass is 428 g/mol. The van der Waals surface area contributed by atoms with Crippen molar-refractivity contribution in [2.75, 3.05) is 0 Å². The molecule has 0 amide bonds. The van der Waals surface area contributed by atoms with Gasteiger partial charge in [-0.1, -0.05) is 44.0 Å². The lowest BCUT2D eigenvalue weighted by molar-refractivity contribution is 0.176. The number of rotatable bonds is 6. The zero-order valence-corrected chi connectivity index (χ0v) is 17.4. The van der Waals surface area contributed by atoms with Gasteiger partial charge in [0.2, 0.25) is 0 Å². The first-order valence-corrected chi connectivity index (χ1v) is 10.7. The second-order valence-electron chi connectivity index (χ2n) is 8.04. The summed E-state index contributed by atoms with van der Waals surface area (Å²) in [5, 5.41) is 0. The molecular weight excluding hydrogens is 404 g/mol. The second kappa shape index (κ2) is 9.13. The summed E-state index contributed by atoms with van der Waals surface area (Å²) in [4.78, 5) is 0. The van der Waals surface area contributed by atoms with Crippen LogP contribution in [0.4, 0.5) is 17.6 Å². The lowest BCUT2D eigenvalue weighted by Gasteiger charge is -2.27. The molecule has 0 radical (unpaired) electrons. The molecule has 1 heterocycles. The van der Waals surface area contributed by atoms with Crippen LogP contribution in [0, 0.1) is 23.3 Å². The van der Waals surface area contributed by atoms with Gasteiger partial charge in [0.1, 0.15) is 17.7 Å². The third-order valence-corrected chi connectivity index (χ3v) is 5.80. The number of halogens is 4. The van der Waals surface area contributed by atoms with Gasteiger partial charge in [-0.15, -0.1) is 0 Å². The van der Waals surface area contributed by atoms with Crippen molar-refractivity contribution in [3.63, 3.8) is 0 Å². The van der Waals surface area contributed by atoms with Crippen LogP contribution in [0.15, 0.2) is 48.5 Å². The lowest BCUT2D eigenvalue weighted by Crippen LogP contribution is -2.15. The van der Waals surface area contributed by atoms with Crippen LogP contribution >= 0.6 is 0 Å². The molecule has 31 heavy (non-hydrogen) atoms. The van der Waals surface area contributed by atoms with E-state index in [0.29, 0.717) is 12.0 Å². The fourth-order valence-electron chi connectivity index (χ4n) is 4.09. The zero-order chi connectivity index (χ0) is 22.0. The van der Waals surface area contributed by atoms with Gasteiger partial charge in [0, 0.05) is 5.56 Å². The Morgan fingerprint density at radius 3 is 2.35 bits per heavy atom. The average Bonchev–Trinajstić information content (AvgIpc) is 2.77. The molecule has 3 aromatic rings. The van der Waals surface area contributed by atoms with Gasteiger partial charge < -0.3 is 4.74 Å². The van der Waals surface area contributed by atoms with Crippen molar-refractivity contribution < 1.29 is 22.3 Å². The minimum absolute atomic E-state index is 0.00878. The van der Waals surface area contributed by atoms with Gasteiger partial charge in [0.05, 0.1) is 0 Å². The van der Waals surface area contributed by atoms with E-state index in [2.05, 4.69) is 19.1 Å². The van der Waals surface area contributed by atoms with Crippen molar-refractivity contribution in [3.8, 4) is 16.9 Å². The highest BCUT2D eigenvalue weighted by atomic mass is 19.2. The molecular formula is C26H24F4O. The molecule has 5 heteroatoms. The van der Waals surface area contributed by atoms with Gasteiger partial charge in [-0.05, 0) is 72.2 Å². The minimum atomic E-state index is -1.57. The summed E-state index contributed by atoms with van der Waals surface area (Å²) in [7, 11) is 0. The van der Waals surface area contributed by atoms with E-state index in [-0.39, 0.29) is 17.2 Å². The highest BCUT2D eigenvalue weighted by Gasteiger charge is 2.23. The smallest absolute Gasteiger partial charge is 0.194 e. The van der Waals surface area contributed by atoms with Crippen LogP contribution < -0.4 is 4.74 Å². The van der Waals surface area contributed by atoms with E-state index in [1.54, 1.807) is 6.07 Å². The van der Waals surface area contributed by atoms with E-state index < -0.39 is 23.3 Å². The molecule has 0 aliphatic carbocycles. The van der Waals surface area contributed by atoms with E-state index >= 15 is 0 Å². The van der Waals surface area contributed by atoms with Crippen LogP contribution in [0.1, 0.15) is 55.4 Å². The summed E-state index contributed by atoms with van der Waals surface area (Å²) >= 11 is 0. The van der Waals surface area contributed by atoms with E-state index in [1.165, 1.54) is 42.5 Å². The summed E-state index contributed by atoms with van der Waals surface area (Å²) in [5.41, 5.74) is 3.09. The molecule has 4 rings (SSSR count). The summed E-state index contributed by atoms with van der Waals surface area (Å²) < 4.78 is 61.1. The van der Waals surface area contributed by atoms with Gasteiger partial charge >= 0.3 is 0 Å². The number of benzene rings is 3. The third kappa shape index (κ3) is 4.60. The zero-order valence-electron chi connectivity index (χ0n) is 17.4. The number of unbranched alkanes of at least 4 members (excludes halogenated alkanes) is 2. The van der Waals surface area contributed by atoms with Crippen LogP contribution in [-0.2, 0) is 12.8 Å². The fourth-order valence-corrected chi connectivity index (χ4v) is 4.09. The maximum Gasteiger partial charge on any atom is 0.194 e. The fraction of sp³-hybridized carbons (Fsp3) is 0.308. The second-order valence-corrected chi connectivity index (χ2v) is 8.04. The third-order valence-electron chi connectivity index (χ3n) is 5.80. The van der Waals surface area contributed by atoms with E-state index in [0.717, 1.165) is 30.7 Å². The van der Waals surface area contributed by atoms with Crippen LogP contribution in [-0.4, -0.2) is 0 Å². The Morgan fingerprint density at radius 2 is 1.65 bits per heavy atom. The van der Waals surface area contributed by atoms with Gasteiger partial charge in [-0.25, -0.2) is 17.6 Å². The van der Waals surface area contributed by atoms with Crippen molar-refractivity contribution in [1.82, 2.24) is 0 Å². The summed E-state index contributed by atoms with van der Waals surface area (Å²) in [6.07, 6.45) is 5.88. The van der Waals surface area contributed by atoms with E-state index in [4.69, 9.17) is 4.74 Å². The number of fused-ring (bicyclic) bond motifs is 1. The SMILES string of the molecule is CCCCCc1ccc2c(c1)CCC(c1ccc(-c3cc(F)c(F)c(F)c3)c(F)c1)O2. The van der Waals surface area contributed by atoms with Crippen molar-refractivity contribution in [2.45, 2.75) is 51.6 Å². The number of hydrogen-bond acceptors (Lipinski definition) is 1. The van der Waals surface area contributed by atoms with Crippen molar-refractivity contribution in [3.05, 3.63) is 88.5 Å². The molecule has 1 atom stereocenters.